The summed E-state index contributed by atoms with van der Waals surface area (Å²) in [5.74, 6) is 0. The van der Waals surface area contributed by atoms with E-state index < -0.39 is 0 Å². The molecule has 0 fully saturated rings. The molecule has 1 heterocycles. The van der Waals surface area contributed by atoms with Gasteiger partial charge in [-0.2, -0.15) is 5.10 Å². The SMILES string of the molecule is CCCc1c([C]=O)c(C)nn1-c1ccccc1. The number of para-hydroxylation sites is 1. The predicted octanol–water partition coefficient (Wildman–Crippen LogP) is 2.59. The van der Waals surface area contributed by atoms with Crippen molar-refractivity contribution in [2.75, 3.05) is 0 Å². The van der Waals surface area contributed by atoms with Crippen molar-refractivity contribution in [2.24, 2.45) is 0 Å². The zero-order chi connectivity index (χ0) is 12.3. The molecule has 1 radical (unpaired) electrons. The highest BCUT2D eigenvalue weighted by atomic mass is 16.1. The van der Waals surface area contributed by atoms with Gasteiger partial charge in [0.25, 0.3) is 0 Å². The highest BCUT2D eigenvalue weighted by Crippen LogP contribution is 2.18. The van der Waals surface area contributed by atoms with E-state index in [4.69, 9.17) is 0 Å². The zero-order valence-corrected chi connectivity index (χ0v) is 10.1. The second-order valence-electron chi connectivity index (χ2n) is 4.01. The van der Waals surface area contributed by atoms with E-state index in [1.54, 1.807) is 0 Å². The Kier molecular flexibility index (Phi) is 3.38. The summed E-state index contributed by atoms with van der Waals surface area (Å²) in [6.07, 6.45) is 3.82. The third kappa shape index (κ3) is 2.13. The van der Waals surface area contributed by atoms with Gasteiger partial charge in [-0.25, -0.2) is 4.68 Å². The monoisotopic (exact) mass is 227 g/mol. The Bertz CT molecular complexity index is 515. The minimum Gasteiger partial charge on any atom is -0.285 e. The van der Waals surface area contributed by atoms with Crippen LogP contribution in [-0.4, -0.2) is 16.1 Å². The molecule has 0 atom stereocenters. The molecule has 2 rings (SSSR count). The minimum absolute atomic E-state index is 0.607. The molecule has 0 N–H and O–H groups in total. The van der Waals surface area contributed by atoms with Crippen LogP contribution in [0, 0.1) is 6.92 Å². The van der Waals surface area contributed by atoms with E-state index in [2.05, 4.69) is 12.0 Å². The molecule has 0 aliphatic carbocycles. The molecule has 0 saturated heterocycles. The summed E-state index contributed by atoms with van der Waals surface area (Å²) in [4.78, 5) is 11.0. The van der Waals surface area contributed by atoms with Crippen molar-refractivity contribution < 1.29 is 4.79 Å². The third-order valence-electron chi connectivity index (χ3n) is 2.75. The average molecular weight is 227 g/mol. The highest BCUT2D eigenvalue weighted by Gasteiger charge is 2.15. The molecule has 17 heavy (non-hydrogen) atoms. The van der Waals surface area contributed by atoms with E-state index in [1.807, 2.05) is 48.2 Å². The molecule has 3 heteroatoms. The summed E-state index contributed by atoms with van der Waals surface area (Å²) in [7, 11) is 0. The molecule has 87 valence electrons. The first-order chi connectivity index (χ1) is 8.27. The second kappa shape index (κ2) is 4.95. The van der Waals surface area contributed by atoms with Crippen LogP contribution in [0.3, 0.4) is 0 Å². The molecule has 0 saturated carbocycles. The molecule has 0 unspecified atom stereocenters. The van der Waals surface area contributed by atoms with Gasteiger partial charge in [0.2, 0.25) is 6.29 Å². The Labute approximate surface area is 101 Å². The van der Waals surface area contributed by atoms with Crippen molar-refractivity contribution in [1.82, 2.24) is 9.78 Å². The van der Waals surface area contributed by atoms with Crippen LogP contribution in [-0.2, 0) is 11.2 Å². The minimum atomic E-state index is 0.607. The Hall–Kier alpha value is -1.90. The number of benzene rings is 1. The Morgan fingerprint density at radius 3 is 2.59 bits per heavy atom. The van der Waals surface area contributed by atoms with Crippen LogP contribution in [0.4, 0.5) is 0 Å². The second-order valence-corrected chi connectivity index (χ2v) is 4.01. The maximum absolute atomic E-state index is 11.0. The van der Waals surface area contributed by atoms with Gasteiger partial charge in [-0.1, -0.05) is 31.5 Å². The number of aromatic nitrogens is 2. The molecule has 0 aliphatic heterocycles. The van der Waals surface area contributed by atoms with Gasteiger partial charge in [-0.3, -0.25) is 4.79 Å². The fourth-order valence-electron chi connectivity index (χ4n) is 1.96. The standard InChI is InChI=1S/C14H15N2O/c1-3-7-14-13(10-17)11(2)15-16(14)12-8-5-4-6-9-12/h4-6,8-9H,3,7H2,1-2H3. The maximum Gasteiger partial charge on any atom is 0.237 e. The number of hydrogen-bond donors (Lipinski definition) is 0. The molecular formula is C14H15N2O. The lowest BCUT2D eigenvalue weighted by molar-refractivity contribution is 0.562. The van der Waals surface area contributed by atoms with Gasteiger partial charge in [0, 0.05) is 0 Å². The number of hydrogen-bond acceptors (Lipinski definition) is 2. The molecule has 2 aromatic rings. The first kappa shape index (κ1) is 11.6. The number of carbonyl (C=O) groups excluding carboxylic acids is 1. The molecule has 0 aliphatic rings. The molecule has 0 spiro atoms. The zero-order valence-electron chi connectivity index (χ0n) is 10.1. The number of rotatable bonds is 4. The lowest BCUT2D eigenvalue weighted by atomic mass is 10.1. The van der Waals surface area contributed by atoms with Gasteiger partial charge in [0.05, 0.1) is 22.6 Å². The molecule has 0 bridgehead atoms. The highest BCUT2D eigenvalue weighted by molar-refractivity contribution is 5.79. The van der Waals surface area contributed by atoms with E-state index in [-0.39, 0.29) is 0 Å². The fourth-order valence-corrected chi connectivity index (χ4v) is 1.96. The fraction of sp³-hybridized carbons (Fsp3) is 0.286. The predicted molar refractivity (Wildman–Crippen MR) is 67.1 cm³/mol. The van der Waals surface area contributed by atoms with Crippen molar-refractivity contribution in [3.63, 3.8) is 0 Å². The van der Waals surface area contributed by atoms with E-state index in [0.29, 0.717) is 5.56 Å². The molecule has 0 amide bonds. The molecule has 1 aromatic heterocycles. The smallest absolute Gasteiger partial charge is 0.237 e. The van der Waals surface area contributed by atoms with Crippen molar-refractivity contribution in [3.05, 3.63) is 47.3 Å². The van der Waals surface area contributed by atoms with Crippen LogP contribution in [0.25, 0.3) is 5.69 Å². The van der Waals surface area contributed by atoms with Gasteiger partial charge >= 0.3 is 0 Å². The first-order valence-corrected chi connectivity index (χ1v) is 5.80. The van der Waals surface area contributed by atoms with Crippen LogP contribution in [0.1, 0.15) is 30.3 Å². The van der Waals surface area contributed by atoms with Crippen molar-refractivity contribution in [2.45, 2.75) is 26.7 Å². The van der Waals surface area contributed by atoms with Crippen molar-refractivity contribution in [1.29, 1.82) is 0 Å². The Balaban J connectivity index is 2.57. The average Bonchev–Trinajstić information content (AvgIpc) is 2.67. The summed E-state index contributed by atoms with van der Waals surface area (Å²) in [5, 5.41) is 4.42. The lowest BCUT2D eigenvalue weighted by Crippen LogP contribution is -2.03. The quantitative estimate of drug-likeness (QED) is 0.804. The summed E-state index contributed by atoms with van der Waals surface area (Å²) in [6.45, 7) is 3.94. The van der Waals surface area contributed by atoms with Gasteiger partial charge < -0.3 is 0 Å². The topological polar surface area (TPSA) is 34.9 Å². The number of nitrogens with zero attached hydrogens (tertiary/aromatic N) is 2. The van der Waals surface area contributed by atoms with Crippen LogP contribution in [0.15, 0.2) is 30.3 Å². The molecular weight excluding hydrogens is 212 g/mol. The van der Waals surface area contributed by atoms with Crippen LogP contribution in [0.2, 0.25) is 0 Å². The van der Waals surface area contributed by atoms with Crippen LogP contribution in [0.5, 0.6) is 0 Å². The Morgan fingerprint density at radius 1 is 1.29 bits per heavy atom. The first-order valence-electron chi connectivity index (χ1n) is 5.80. The molecule has 1 aromatic carbocycles. The number of aryl methyl sites for hydroxylation is 1. The van der Waals surface area contributed by atoms with Crippen LogP contribution < -0.4 is 0 Å². The largest absolute Gasteiger partial charge is 0.285 e. The lowest BCUT2D eigenvalue weighted by Gasteiger charge is -2.06. The summed E-state index contributed by atoms with van der Waals surface area (Å²) in [6, 6.07) is 9.87. The van der Waals surface area contributed by atoms with Crippen molar-refractivity contribution >= 4 is 6.29 Å². The van der Waals surface area contributed by atoms with Gasteiger partial charge in [-0.15, -0.1) is 0 Å². The Morgan fingerprint density at radius 2 is 2.00 bits per heavy atom. The van der Waals surface area contributed by atoms with Crippen molar-refractivity contribution in [3.8, 4) is 5.69 Å². The summed E-state index contributed by atoms with van der Waals surface area (Å²) < 4.78 is 1.85. The van der Waals surface area contributed by atoms with E-state index in [1.165, 1.54) is 0 Å². The van der Waals surface area contributed by atoms with Gasteiger partial charge in [-0.05, 0) is 25.5 Å². The van der Waals surface area contributed by atoms with E-state index in [0.717, 1.165) is 29.9 Å². The maximum atomic E-state index is 11.0. The van der Waals surface area contributed by atoms with Crippen LogP contribution >= 0.6 is 0 Å². The normalized spacial score (nSPS) is 10.5. The van der Waals surface area contributed by atoms with Gasteiger partial charge in [0.15, 0.2) is 0 Å². The van der Waals surface area contributed by atoms with E-state index in [9.17, 15) is 4.79 Å². The van der Waals surface area contributed by atoms with E-state index >= 15 is 0 Å². The summed E-state index contributed by atoms with van der Waals surface area (Å²) >= 11 is 0. The summed E-state index contributed by atoms with van der Waals surface area (Å²) in [5.41, 5.74) is 3.29. The third-order valence-corrected chi connectivity index (χ3v) is 2.75. The molecule has 3 nitrogen and oxygen atoms in total. The van der Waals surface area contributed by atoms with Gasteiger partial charge in [0.1, 0.15) is 0 Å².